The Morgan fingerprint density at radius 1 is 1.06 bits per heavy atom. The maximum absolute atomic E-state index is 5.38. The van der Waals surface area contributed by atoms with Gasteiger partial charge < -0.3 is 4.74 Å². The second-order valence-corrected chi connectivity index (χ2v) is 5.14. The van der Waals surface area contributed by atoms with Gasteiger partial charge >= 0.3 is 0 Å². The van der Waals surface area contributed by atoms with Gasteiger partial charge in [-0.2, -0.15) is 0 Å². The summed E-state index contributed by atoms with van der Waals surface area (Å²) in [6, 6.07) is 9.22. The Bertz CT molecular complexity index is 337. The van der Waals surface area contributed by atoms with Crippen LogP contribution in [0.2, 0.25) is 0 Å². The lowest BCUT2D eigenvalue weighted by molar-refractivity contribution is 0.0342. The molecule has 1 aromatic rings. The van der Waals surface area contributed by atoms with Crippen molar-refractivity contribution >= 4 is 0 Å². The summed E-state index contributed by atoms with van der Waals surface area (Å²) >= 11 is 0. The summed E-state index contributed by atoms with van der Waals surface area (Å²) < 4.78 is 5.38. The predicted molar refractivity (Wildman–Crippen MR) is 75.9 cm³/mol. The van der Waals surface area contributed by atoms with E-state index in [1.165, 1.54) is 24.0 Å². The average molecular weight is 247 g/mol. The van der Waals surface area contributed by atoms with Crippen LogP contribution in [0.15, 0.2) is 24.3 Å². The molecule has 1 aromatic carbocycles. The lowest BCUT2D eigenvalue weighted by atomic mass is 9.93. The molecule has 2 rings (SSSR count). The molecule has 0 N–H and O–H groups in total. The minimum atomic E-state index is 0.724. The van der Waals surface area contributed by atoms with E-state index in [1.807, 2.05) is 0 Å². The third-order valence-corrected chi connectivity index (χ3v) is 3.95. The van der Waals surface area contributed by atoms with Crippen LogP contribution in [-0.2, 0) is 11.3 Å². The van der Waals surface area contributed by atoms with Crippen molar-refractivity contribution in [3.63, 3.8) is 0 Å². The average Bonchev–Trinajstić information content (AvgIpc) is 2.43. The maximum atomic E-state index is 5.38. The lowest BCUT2D eigenvalue weighted by Gasteiger charge is -2.26. The maximum Gasteiger partial charge on any atom is 0.0594 e. The van der Waals surface area contributed by atoms with Gasteiger partial charge in [-0.25, -0.2) is 0 Å². The molecule has 1 aliphatic rings. The number of morpholine rings is 1. The number of hydrogen-bond acceptors (Lipinski definition) is 2. The normalized spacial score (nSPS) is 17.3. The van der Waals surface area contributed by atoms with Crippen molar-refractivity contribution in [3.8, 4) is 0 Å². The van der Waals surface area contributed by atoms with Crippen LogP contribution < -0.4 is 0 Å². The number of hydrogen-bond donors (Lipinski definition) is 0. The zero-order valence-electron chi connectivity index (χ0n) is 11.7. The van der Waals surface area contributed by atoms with Crippen LogP contribution in [0.5, 0.6) is 0 Å². The van der Waals surface area contributed by atoms with Gasteiger partial charge in [0.25, 0.3) is 0 Å². The van der Waals surface area contributed by atoms with Crippen molar-refractivity contribution in [3.05, 3.63) is 35.4 Å². The van der Waals surface area contributed by atoms with E-state index in [0.29, 0.717) is 0 Å². The van der Waals surface area contributed by atoms with Crippen LogP contribution in [0.1, 0.15) is 43.7 Å². The molecular formula is C16H25NO. The van der Waals surface area contributed by atoms with E-state index >= 15 is 0 Å². The Labute approximate surface area is 111 Å². The molecule has 1 fully saturated rings. The van der Waals surface area contributed by atoms with Gasteiger partial charge in [0.05, 0.1) is 13.2 Å². The molecule has 0 spiro atoms. The molecule has 100 valence electrons. The Balaban J connectivity index is 1.94. The van der Waals surface area contributed by atoms with Gasteiger partial charge in [-0.3, -0.25) is 4.90 Å². The molecule has 2 heteroatoms. The Kier molecular flexibility index (Phi) is 5.21. The molecule has 0 radical (unpaired) electrons. The minimum absolute atomic E-state index is 0.724. The van der Waals surface area contributed by atoms with Crippen molar-refractivity contribution in [2.24, 2.45) is 0 Å². The molecular weight excluding hydrogens is 222 g/mol. The number of rotatable bonds is 5. The first-order valence-corrected chi connectivity index (χ1v) is 7.22. The van der Waals surface area contributed by atoms with Gasteiger partial charge in [-0.1, -0.05) is 38.1 Å². The van der Waals surface area contributed by atoms with Crippen molar-refractivity contribution < 1.29 is 4.74 Å². The summed E-state index contributed by atoms with van der Waals surface area (Å²) in [5, 5.41) is 0. The van der Waals surface area contributed by atoms with Crippen LogP contribution in [0.25, 0.3) is 0 Å². The van der Waals surface area contributed by atoms with Gasteiger partial charge in [0, 0.05) is 19.6 Å². The van der Waals surface area contributed by atoms with E-state index in [4.69, 9.17) is 4.74 Å². The number of benzene rings is 1. The summed E-state index contributed by atoms with van der Waals surface area (Å²) in [7, 11) is 0. The quantitative estimate of drug-likeness (QED) is 0.790. The van der Waals surface area contributed by atoms with Crippen molar-refractivity contribution in [2.75, 3.05) is 26.3 Å². The highest BCUT2D eigenvalue weighted by Crippen LogP contribution is 2.23. The van der Waals surface area contributed by atoms with Crippen LogP contribution in [0.4, 0.5) is 0 Å². The van der Waals surface area contributed by atoms with Gasteiger partial charge in [0.2, 0.25) is 0 Å². The minimum Gasteiger partial charge on any atom is -0.379 e. The van der Waals surface area contributed by atoms with Gasteiger partial charge in [-0.05, 0) is 29.9 Å². The fraction of sp³-hybridized carbons (Fsp3) is 0.625. The molecule has 0 aliphatic carbocycles. The largest absolute Gasteiger partial charge is 0.379 e. The highest BCUT2D eigenvalue weighted by atomic mass is 16.5. The van der Waals surface area contributed by atoms with E-state index in [0.717, 1.165) is 38.8 Å². The molecule has 0 unspecified atom stereocenters. The molecule has 1 aliphatic heterocycles. The Morgan fingerprint density at radius 2 is 1.67 bits per heavy atom. The van der Waals surface area contributed by atoms with E-state index < -0.39 is 0 Å². The summed E-state index contributed by atoms with van der Waals surface area (Å²) in [4.78, 5) is 2.47. The highest BCUT2D eigenvalue weighted by molar-refractivity contribution is 5.25. The summed E-state index contributed by atoms with van der Waals surface area (Å²) in [6.07, 6.45) is 2.47. The first-order valence-electron chi connectivity index (χ1n) is 7.22. The third kappa shape index (κ3) is 3.56. The van der Waals surface area contributed by atoms with Crippen LogP contribution >= 0.6 is 0 Å². The fourth-order valence-electron chi connectivity index (χ4n) is 2.67. The standard InChI is InChI=1S/C16H25NO/c1-3-15(4-2)16-7-5-14(6-8-16)13-17-9-11-18-12-10-17/h5-8,15H,3-4,9-13H2,1-2H3. The smallest absolute Gasteiger partial charge is 0.0594 e. The second kappa shape index (κ2) is 6.91. The molecule has 1 saturated heterocycles. The molecule has 2 nitrogen and oxygen atoms in total. The first kappa shape index (κ1) is 13.6. The van der Waals surface area contributed by atoms with E-state index in [2.05, 4.69) is 43.0 Å². The number of nitrogens with zero attached hydrogens (tertiary/aromatic N) is 1. The third-order valence-electron chi connectivity index (χ3n) is 3.95. The summed E-state index contributed by atoms with van der Waals surface area (Å²) in [5.74, 6) is 0.724. The summed E-state index contributed by atoms with van der Waals surface area (Å²) in [6.45, 7) is 9.50. The molecule has 0 aromatic heterocycles. The zero-order valence-corrected chi connectivity index (χ0v) is 11.7. The van der Waals surface area contributed by atoms with Crippen molar-refractivity contribution in [2.45, 2.75) is 39.2 Å². The van der Waals surface area contributed by atoms with Crippen LogP contribution in [0, 0.1) is 0 Å². The molecule has 0 saturated carbocycles. The van der Waals surface area contributed by atoms with Crippen molar-refractivity contribution in [1.82, 2.24) is 4.90 Å². The SMILES string of the molecule is CCC(CC)c1ccc(CN2CCOCC2)cc1. The monoisotopic (exact) mass is 247 g/mol. The Morgan fingerprint density at radius 3 is 2.22 bits per heavy atom. The number of ether oxygens (including phenoxy) is 1. The first-order chi connectivity index (χ1) is 8.83. The van der Waals surface area contributed by atoms with E-state index in [-0.39, 0.29) is 0 Å². The predicted octanol–water partition coefficient (Wildman–Crippen LogP) is 3.42. The summed E-state index contributed by atoms with van der Waals surface area (Å²) in [5.41, 5.74) is 2.91. The highest BCUT2D eigenvalue weighted by Gasteiger charge is 2.11. The van der Waals surface area contributed by atoms with E-state index in [9.17, 15) is 0 Å². The topological polar surface area (TPSA) is 12.5 Å². The van der Waals surface area contributed by atoms with Gasteiger partial charge in [-0.15, -0.1) is 0 Å². The van der Waals surface area contributed by atoms with E-state index in [1.54, 1.807) is 0 Å². The molecule has 1 heterocycles. The van der Waals surface area contributed by atoms with Crippen molar-refractivity contribution in [1.29, 1.82) is 0 Å². The molecule has 0 atom stereocenters. The molecule has 0 bridgehead atoms. The van der Waals surface area contributed by atoms with Crippen LogP contribution in [-0.4, -0.2) is 31.2 Å². The van der Waals surface area contributed by atoms with Gasteiger partial charge in [0.15, 0.2) is 0 Å². The second-order valence-electron chi connectivity index (χ2n) is 5.14. The van der Waals surface area contributed by atoms with Gasteiger partial charge in [0.1, 0.15) is 0 Å². The molecule has 18 heavy (non-hydrogen) atoms. The fourth-order valence-corrected chi connectivity index (χ4v) is 2.67. The zero-order chi connectivity index (χ0) is 12.8. The lowest BCUT2D eigenvalue weighted by Crippen LogP contribution is -2.35. The van der Waals surface area contributed by atoms with Crippen LogP contribution in [0.3, 0.4) is 0 Å². The Hall–Kier alpha value is -0.860. The molecule has 0 amide bonds.